The van der Waals surface area contributed by atoms with Gasteiger partial charge in [0.2, 0.25) is 11.8 Å². The lowest BCUT2D eigenvalue weighted by molar-refractivity contribution is -0.143. The number of hydrogen-bond donors (Lipinski definition) is 2. The molecule has 0 aromatic heterocycles. The SMILES string of the molecule is Cc1cccc(NC(=O)NC(Cc2ccccc2)N2C(=O)C3C4C=CC(CC4)C3C2=O)c1. The van der Waals surface area contributed by atoms with Gasteiger partial charge in [0.1, 0.15) is 6.17 Å². The molecule has 2 aromatic rings. The van der Waals surface area contributed by atoms with Crippen molar-refractivity contribution in [3.63, 3.8) is 0 Å². The minimum atomic E-state index is -0.743. The van der Waals surface area contributed by atoms with Gasteiger partial charge in [-0.3, -0.25) is 14.5 Å². The topological polar surface area (TPSA) is 78.5 Å². The second-order valence-corrected chi connectivity index (χ2v) is 9.06. The molecule has 32 heavy (non-hydrogen) atoms. The van der Waals surface area contributed by atoms with Crippen molar-refractivity contribution >= 4 is 23.5 Å². The van der Waals surface area contributed by atoms with E-state index in [1.54, 1.807) is 0 Å². The van der Waals surface area contributed by atoms with E-state index in [-0.39, 0.29) is 35.5 Å². The van der Waals surface area contributed by atoms with Gasteiger partial charge in [-0.25, -0.2) is 4.79 Å². The molecule has 1 aliphatic heterocycles. The minimum absolute atomic E-state index is 0.116. The summed E-state index contributed by atoms with van der Waals surface area (Å²) in [5.74, 6) is -0.682. The lowest BCUT2D eigenvalue weighted by Gasteiger charge is -2.38. The van der Waals surface area contributed by atoms with Gasteiger partial charge in [-0.2, -0.15) is 0 Å². The molecule has 4 amide bonds. The Morgan fingerprint density at radius 1 is 0.969 bits per heavy atom. The molecule has 1 saturated carbocycles. The summed E-state index contributed by atoms with van der Waals surface area (Å²) in [6, 6.07) is 16.7. The maximum absolute atomic E-state index is 13.5. The van der Waals surface area contributed by atoms with Gasteiger partial charge < -0.3 is 10.6 Å². The van der Waals surface area contributed by atoms with Crippen LogP contribution in [0.1, 0.15) is 24.0 Å². The highest BCUT2D eigenvalue weighted by Crippen LogP contribution is 2.50. The first kappa shape index (κ1) is 20.5. The van der Waals surface area contributed by atoms with Crippen molar-refractivity contribution in [3.8, 4) is 0 Å². The van der Waals surface area contributed by atoms with E-state index in [0.29, 0.717) is 12.1 Å². The highest BCUT2D eigenvalue weighted by molar-refractivity contribution is 6.06. The van der Waals surface area contributed by atoms with Crippen LogP contribution in [0.3, 0.4) is 0 Å². The Morgan fingerprint density at radius 2 is 1.62 bits per heavy atom. The minimum Gasteiger partial charge on any atom is -0.317 e. The van der Waals surface area contributed by atoms with Crippen LogP contribution in [0.15, 0.2) is 66.7 Å². The fourth-order valence-electron chi connectivity index (χ4n) is 5.49. The van der Waals surface area contributed by atoms with Crippen molar-refractivity contribution in [2.75, 3.05) is 5.32 Å². The van der Waals surface area contributed by atoms with Crippen molar-refractivity contribution in [2.45, 2.75) is 32.4 Å². The first-order valence-electron chi connectivity index (χ1n) is 11.2. The average molecular weight is 430 g/mol. The number of aryl methyl sites for hydroxylation is 1. The summed E-state index contributed by atoms with van der Waals surface area (Å²) in [5, 5.41) is 5.74. The van der Waals surface area contributed by atoms with Gasteiger partial charge >= 0.3 is 6.03 Å². The van der Waals surface area contributed by atoms with E-state index in [1.807, 2.05) is 61.5 Å². The van der Waals surface area contributed by atoms with E-state index in [2.05, 4.69) is 22.8 Å². The number of urea groups is 1. The lowest BCUT2D eigenvalue weighted by atomic mass is 9.63. The zero-order valence-electron chi connectivity index (χ0n) is 18.0. The molecule has 2 bridgehead atoms. The first-order chi connectivity index (χ1) is 15.5. The molecule has 6 heteroatoms. The standard InChI is InChI=1S/C26H27N3O3/c1-16-6-5-9-20(14-16)27-26(32)28-21(15-17-7-3-2-4-8-17)29-24(30)22-18-10-11-19(13-12-18)23(22)25(29)31/h2-11,14,18-19,21-23H,12-13,15H2,1H3,(H2,27,28,32). The number of amides is 4. The quantitative estimate of drug-likeness (QED) is 0.559. The summed E-state index contributed by atoms with van der Waals surface area (Å²) < 4.78 is 0. The van der Waals surface area contributed by atoms with Crippen LogP contribution in [0.25, 0.3) is 0 Å². The molecule has 5 unspecified atom stereocenters. The number of anilines is 1. The van der Waals surface area contributed by atoms with Gasteiger partial charge in [-0.15, -0.1) is 0 Å². The number of hydrogen-bond acceptors (Lipinski definition) is 3. The third kappa shape index (κ3) is 3.70. The molecular weight excluding hydrogens is 402 g/mol. The van der Waals surface area contributed by atoms with E-state index >= 15 is 0 Å². The molecule has 0 spiro atoms. The Labute approximate surface area is 187 Å². The average Bonchev–Trinajstić information content (AvgIpc) is 3.07. The smallest absolute Gasteiger partial charge is 0.317 e. The Balaban J connectivity index is 1.40. The Bertz CT molecular complexity index is 1050. The van der Waals surface area contributed by atoms with Crippen molar-refractivity contribution in [1.29, 1.82) is 0 Å². The predicted octanol–water partition coefficient (Wildman–Crippen LogP) is 3.88. The third-order valence-corrected chi connectivity index (χ3v) is 6.95. The molecule has 2 fully saturated rings. The highest BCUT2D eigenvalue weighted by Gasteiger charge is 2.58. The molecule has 1 heterocycles. The number of rotatable bonds is 5. The van der Waals surface area contributed by atoms with Crippen molar-refractivity contribution in [2.24, 2.45) is 23.7 Å². The number of imide groups is 1. The number of likely N-dealkylation sites (tertiary alicyclic amines) is 1. The molecule has 3 aliphatic carbocycles. The summed E-state index contributed by atoms with van der Waals surface area (Å²) in [6.07, 6.45) is 5.72. The van der Waals surface area contributed by atoms with Crippen LogP contribution in [-0.4, -0.2) is 28.9 Å². The fourth-order valence-corrected chi connectivity index (χ4v) is 5.49. The van der Waals surface area contributed by atoms with E-state index in [9.17, 15) is 14.4 Å². The zero-order chi connectivity index (χ0) is 22.2. The number of carbonyl (C=O) groups is 3. The number of benzene rings is 2. The van der Waals surface area contributed by atoms with Crippen molar-refractivity contribution in [3.05, 3.63) is 77.9 Å². The molecule has 5 atom stereocenters. The van der Waals surface area contributed by atoms with Gasteiger partial charge in [0.25, 0.3) is 0 Å². The van der Waals surface area contributed by atoms with E-state index in [1.165, 1.54) is 4.90 Å². The van der Waals surface area contributed by atoms with Gasteiger partial charge in [0.15, 0.2) is 0 Å². The second-order valence-electron chi connectivity index (χ2n) is 9.06. The molecule has 6 nitrogen and oxygen atoms in total. The Morgan fingerprint density at radius 3 is 2.22 bits per heavy atom. The van der Waals surface area contributed by atoms with Crippen LogP contribution >= 0.6 is 0 Å². The summed E-state index contributed by atoms with van der Waals surface area (Å²) in [4.78, 5) is 41.1. The number of carbonyl (C=O) groups excluding carboxylic acids is 3. The molecule has 6 rings (SSSR count). The molecule has 164 valence electrons. The number of allylic oxidation sites excluding steroid dienone is 2. The largest absolute Gasteiger partial charge is 0.320 e. The first-order valence-corrected chi connectivity index (χ1v) is 11.2. The van der Waals surface area contributed by atoms with Gasteiger partial charge in [0.05, 0.1) is 11.8 Å². The number of nitrogens with zero attached hydrogens (tertiary/aromatic N) is 1. The molecule has 1 saturated heterocycles. The second kappa shape index (κ2) is 8.26. The van der Waals surface area contributed by atoms with E-state index in [0.717, 1.165) is 24.0 Å². The Hall–Kier alpha value is -3.41. The molecular formula is C26H27N3O3. The monoisotopic (exact) mass is 429 g/mol. The van der Waals surface area contributed by atoms with Crippen LogP contribution in [-0.2, 0) is 16.0 Å². The van der Waals surface area contributed by atoms with Crippen LogP contribution in [0.5, 0.6) is 0 Å². The molecule has 2 N–H and O–H groups in total. The lowest BCUT2D eigenvalue weighted by Crippen LogP contribution is -2.53. The van der Waals surface area contributed by atoms with Crippen molar-refractivity contribution < 1.29 is 14.4 Å². The normalized spacial score (nSPS) is 26.7. The van der Waals surface area contributed by atoms with Crippen LogP contribution < -0.4 is 10.6 Å². The maximum Gasteiger partial charge on any atom is 0.320 e. The highest BCUT2D eigenvalue weighted by atomic mass is 16.2. The molecule has 2 aromatic carbocycles. The molecule has 4 aliphatic rings. The van der Waals surface area contributed by atoms with Gasteiger partial charge in [0, 0.05) is 12.1 Å². The van der Waals surface area contributed by atoms with Crippen LogP contribution in [0, 0.1) is 30.6 Å². The van der Waals surface area contributed by atoms with E-state index in [4.69, 9.17) is 0 Å². The summed E-state index contributed by atoms with van der Waals surface area (Å²) in [6.45, 7) is 1.95. The summed E-state index contributed by atoms with van der Waals surface area (Å²) >= 11 is 0. The van der Waals surface area contributed by atoms with Gasteiger partial charge in [-0.1, -0.05) is 54.6 Å². The maximum atomic E-state index is 13.5. The zero-order valence-corrected chi connectivity index (χ0v) is 18.0. The van der Waals surface area contributed by atoms with Crippen LogP contribution in [0.4, 0.5) is 10.5 Å². The number of nitrogens with one attached hydrogen (secondary N) is 2. The number of fused-ring (bicyclic) bond motifs is 1. The molecule has 0 radical (unpaired) electrons. The van der Waals surface area contributed by atoms with Gasteiger partial charge in [-0.05, 0) is 54.9 Å². The van der Waals surface area contributed by atoms with E-state index < -0.39 is 12.2 Å². The van der Waals surface area contributed by atoms with Crippen LogP contribution in [0.2, 0.25) is 0 Å². The summed E-state index contributed by atoms with van der Waals surface area (Å²) in [5.41, 5.74) is 2.64. The fraction of sp³-hybridized carbons (Fsp3) is 0.346. The third-order valence-electron chi connectivity index (χ3n) is 6.95. The summed E-state index contributed by atoms with van der Waals surface area (Å²) in [7, 11) is 0. The van der Waals surface area contributed by atoms with Crippen molar-refractivity contribution in [1.82, 2.24) is 10.2 Å². The predicted molar refractivity (Wildman–Crippen MR) is 121 cm³/mol. The Kier molecular flexibility index (Phi) is 5.29.